The molecule has 0 aromatic rings. The molecule has 0 bridgehead atoms. The van der Waals surface area contributed by atoms with Crippen LogP contribution in [0.5, 0.6) is 0 Å². The minimum absolute atomic E-state index is 0.180. The number of likely N-dealkylation sites (N-methyl/N-ethyl adjacent to an activating group) is 1. The molecule has 5 nitrogen and oxygen atoms in total. The van der Waals surface area contributed by atoms with Crippen molar-refractivity contribution >= 4 is 5.91 Å². The molecule has 0 aliphatic heterocycles. The van der Waals surface area contributed by atoms with Crippen LogP contribution in [0.25, 0.3) is 0 Å². The summed E-state index contributed by atoms with van der Waals surface area (Å²) in [5.41, 5.74) is 5.18. The van der Waals surface area contributed by atoms with Crippen molar-refractivity contribution in [3.05, 3.63) is 0 Å². The predicted molar refractivity (Wildman–Crippen MR) is 74.8 cm³/mol. The summed E-state index contributed by atoms with van der Waals surface area (Å²) in [5, 5.41) is 3.49. The number of hydrogen-bond acceptors (Lipinski definition) is 4. The molecule has 0 aromatic heterocycles. The number of nitrogens with two attached hydrogens (primary N) is 1. The van der Waals surface area contributed by atoms with Crippen molar-refractivity contribution in [3.8, 4) is 0 Å². The molecule has 0 saturated heterocycles. The van der Waals surface area contributed by atoms with Gasteiger partial charge in [0.25, 0.3) is 0 Å². The second-order valence-electron chi connectivity index (χ2n) is 5.94. The lowest BCUT2D eigenvalue weighted by molar-refractivity contribution is -0.124. The summed E-state index contributed by atoms with van der Waals surface area (Å²) in [6.07, 6.45) is 5.09. The summed E-state index contributed by atoms with van der Waals surface area (Å²) in [6.45, 7) is 4.43. The number of rotatable bonds is 8. The molecule has 3 N–H and O–H groups in total. The fourth-order valence-corrected chi connectivity index (χ4v) is 2.98. The fourth-order valence-electron chi connectivity index (χ4n) is 2.98. The van der Waals surface area contributed by atoms with Crippen LogP contribution in [-0.4, -0.2) is 55.2 Å². The molecule has 2 unspecified atom stereocenters. The number of ether oxygens (including phenoxy) is 1. The molecule has 0 heterocycles. The SMILES string of the molecule is CCOCCN(C)C1CCC(NC2CC2)(C(N)=O)C1. The average Bonchev–Trinajstić information content (AvgIpc) is 3.06. The van der Waals surface area contributed by atoms with Crippen molar-refractivity contribution in [2.24, 2.45) is 5.73 Å². The van der Waals surface area contributed by atoms with Crippen molar-refractivity contribution in [2.45, 2.75) is 56.7 Å². The first-order valence-corrected chi connectivity index (χ1v) is 7.43. The predicted octanol–water partition coefficient (Wildman–Crippen LogP) is 0.483. The van der Waals surface area contributed by atoms with E-state index < -0.39 is 5.54 Å². The summed E-state index contributed by atoms with van der Waals surface area (Å²) in [4.78, 5) is 14.1. The van der Waals surface area contributed by atoms with E-state index >= 15 is 0 Å². The third-order valence-electron chi connectivity index (χ3n) is 4.43. The molecule has 2 aliphatic rings. The zero-order chi connectivity index (χ0) is 13.9. The Morgan fingerprint density at radius 3 is 2.79 bits per heavy atom. The van der Waals surface area contributed by atoms with Crippen molar-refractivity contribution in [3.63, 3.8) is 0 Å². The van der Waals surface area contributed by atoms with E-state index in [2.05, 4.69) is 17.3 Å². The highest BCUT2D eigenvalue weighted by Crippen LogP contribution is 2.35. The summed E-state index contributed by atoms with van der Waals surface area (Å²) in [5.74, 6) is -0.180. The van der Waals surface area contributed by atoms with Crippen molar-refractivity contribution in [1.82, 2.24) is 10.2 Å². The van der Waals surface area contributed by atoms with Gasteiger partial charge in [0, 0.05) is 25.2 Å². The van der Waals surface area contributed by atoms with Gasteiger partial charge in [-0.15, -0.1) is 0 Å². The van der Waals surface area contributed by atoms with Gasteiger partial charge in [-0.1, -0.05) is 0 Å². The van der Waals surface area contributed by atoms with E-state index in [1.807, 2.05) is 6.92 Å². The zero-order valence-electron chi connectivity index (χ0n) is 12.2. The maximum absolute atomic E-state index is 11.8. The summed E-state index contributed by atoms with van der Waals surface area (Å²) in [6, 6.07) is 0.944. The minimum Gasteiger partial charge on any atom is -0.380 e. The third-order valence-corrected chi connectivity index (χ3v) is 4.43. The summed E-state index contributed by atoms with van der Waals surface area (Å²) >= 11 is 0. The highest BCUT2D eigenvalue weighted by Gasteiger charge is 2.47. The minimum atomic E-state index is -0.467. The standard InChI is InChI=1S/C14H27N3O2/c1-3-19-9-8-17(2)12-6-7-14(10-12,13(15)18)16-11-4-5-11/h11-12,16H,3-10H2,1-2H3,(H2,15,18). The smallest absolute Gasteiger partial charge is 0.237 e. The van der Waals surface area contributed by atoms with E-state index in [1.54, 1.807) is 0 Å². The number of nitrogens with zero attached hydrogens (tertiary/aromatic N) is 1. The van der Waals surface area contributed by atoms with Crippen LogP contribution < -0.4 is 11.1 Å². The molecular weight excluding hydrogens is 242 g/mol. The van der Waals surface area contributed by atoms with Crippen LogP contribution in [0.3, 0.4) is 0 Å². The van der Waals surface area contributed by atoms with Crippen LogP contribution in [0.4, 0.5) is 0 Å². The maximum atomic E-state index is 11.8. The molecular formula is C14H27N3O2. The molecule has 0 radical (unpaired) electrons. The quantitative estimate of drug-likeness (QED) is 0.629. The molecule has 1 amide bonds. The Balaban J connectivity index is 1.86. The lowest BCUT2D eigenvalue weighted by atomic mass is 9.96. The maximum Gasteiger partial charge on any atom is 0.237 e. The molecule has 5 heteroatoms. The monoisotopic (exact) mass is 269 g/mol. The van der Waals surface area contributed by atoms with Gasteiger partial charge in [-0.2, -0.15) is 0 Å². The van der Waals surface area contributed by atoms with E-state index in [9.17, 15) is 4.79 Å². The number of nitrogens with one attached hydrogen (secondary N) is 1. The average molecular weight is 269 g/mol. The second-order valence-corrected chi connectivity index (χ2v) is 5.94. The number of carbonyl (C=O) groups excluding carboxylic acids is 1. The number of amides is 1. The van der Waals surface area contributed by atoms with E-state index in [0.29, 0.717) is 12.1 Å². The Labute approximate surface area is 115 Å². The molecule has 2 atom stereocenters. The van der Waals surface area contributed by atoms with Crippen molar-refractivity contribution < 1.29 is 9.53 Å². The van der Waals surface area contributed by atoms with Crippen LogP contribution >= 0.6 is 0 Å². The van der Waals surface area contributed by atoms with Gasteiger partial charge in [-0.25, -0.2) is 0 Å². The van der Waals surface area contributed by atoms with Gasteiger partial charge >= 0.3 is 0 Å². The van der Waals surface area contributed by atoms with Crippen LogP contribution in [0.1, 0.15) is 39.0 Å². The van der Waals surface area contributed by atoms with Gasteiger partial charge in [-0.3, -0.25) is 4.79 Å². The van der Waals surface area contributed by atoms with E-state index in [-0.39, 0.29) is 5.91 Å². The van der Waals surface area contributed by atoms with Crippen LogP contribution in [-0.2, 0) is 9.53 Å². The van der Waals surface area contributed by atoms with Crippen LogP contribution in [0.15, 0.2) is 0 Å². The van der Waals surface area contributed by atoms with Crippen LogP contribution in [0.2, 0.25) is 0 Å². The Morgan fingerprint density at radius 1 is 1.47 bits per heavy atom. The van der Waals surface area contributed by atoms with Gasteiger partial charge in [0.15, 0.2) is 0 Å². The number of hydrogen-bond donors (Lipinski definition) is 2. The first-order chi connectivity index (χ1) is 9.07. The van der Waals surface area contributed by atoms with Crippen molar-refractivity contribution in [2.75, 3.05) is 26.8 Å². The topological polar surface area (TPSA) is 67.6 Å². The van der Waals surface area contributed by atoms with E-state index in [4.69, 9.17) is 10.5 Å². The highest BCUT2D eigenvalue weighted by molar-refractivity contribution is 5.85. The zero-order valence-corrected chi connectivity index (χ0v) is 12.2. The molecule has 2 rings (SSSR count). The van der Waals surface area contributed by atoms with Gasteiger partial charge in [0.05, 0.1) is 12.1 Å². The number of carbonyl (C=O) groups is 1. The fraction of sp³-hybridized carbons (Fsp3) is 0.929. The van der Waals surface area contributed by atoms with E-state index in [0.717, 1.165) is 39.0 Å². The first-order valence-electron chi connectivity index (χ1n) is 7.43. The van der Waals surface area contributed by atoms with Crippen molar-refractivity contribution in [1.29, 1.82) is 0 Å². The molecule has 2 fully saturated rings. The number of primary amides is 1. The Bertz CT molecular complexity index is 320. The van der Waals surface area contributed by atoms with Gasteiger partial charge in [0.1, 0.15) is 0 Å². The van der Waals surface area contributed by atoms with Gasteiger partial charge < -0.3 is 20.7 Å². The second kappa shape index (κ2) is 6.20. The molecule has 19 heavy (non-hydrogen) atoms. The molecule has 2 saturated carbocycles. The molecule has 0 aromatic carbocycles. The first kappa shape index (κ1) is 14.8. The Morgan fingerprint density at radius 2 is 2.21 bits per heavy atom. The normalized spacial score (nSPS) is 31.0. The lowest BCUT2D eigenvalue weighted by Gasteiger charge is -2.29. The largest absolute Gasteiger partial charge is 0.380 e. The third kappa shape index (κ3) is 3.68. The molecule has 110 valence electrons. The lowest BCUT2D eigenvalue weighted by Crippen LogP contribution is -2.55. The van der Waals surface area contributed by atoms with Gasteiger partial charge in [-0.05, 0) is 46.1 Å². The Kier molecular flexibility index (Phi) is 4.81. The summed E-state index contributed by atoms with van der Waals surface area (Å²) < 4.78 is 5.39. The van der Waals surface area contributed by atoms with E-state index in [1.165, 1.54) is 12.8 Å². The summed E-state index contributed by atoms with van der Waals surface area (Å²) in [7, 11) is 2.11. The Hall–Kier alpha value is -0.650. The van der Waals surface area contributed by atoms with Crippen LogP contribution in [0, 0.1) is 0 Å². The van der Waals surface area contributed by atoms with Gasteiger partial charge in [0.2, 0.25) is 5.91 Å². The molecule has 0 spiro atoms. The molecule has 2 aliphatic carbocycles. The highest BCUT2D eigenvalue weighted by atomic mass is 16.5.